The van der Waals surface area contributed by atoms with Crippen LogP contribution in [0.15, 0.2) is 57.9 Å². The molecule has 3 rings (SSSR count). The lowest BCUT2D eigenvalue weighted by Gasteiger charge is -2.14. The Morgan fingerprint density at radius 2 is 2.04 bits per heavy atom. The third-order valence-corrected chi connectivity index (χ3v) is 5.98. The summed E-state index contributed by atoms with van der Waals surface area (Å²) in [4.78, 5) is 27.0. The maximum Gasteiger partial charge on any atom is 0.266 e. The first-order chi connectivity index (χ1) is 13.4. The highest BCUT2D eigenvalue weighted by atomic mass is 79.9. The molecule has 144 valence electrons. The number of anilines is 1. The summed E-state index contributed by atoms with van der Waals surface area (Å²) in [7, 11) is 0. The van der Waals surface area contributed by atoms with E-state index in [-0.39, 0.29) is 11.8 Å². The highest BCUT2D eigenvalue weighted by Gasteiger charge is 2.31. The molecule has 1 saturated heterocycles. The predicted octanol–water partition coefficient (Wildman–Crippen LogP) is 5.38. The maximum absolute atomic E-state index is 12.6. The Labute approximate surface area is 182 Å². The first-order valence-corrected chi connectivity index (χ1v) is 10.8. The van der Waals surface area contributed by atoms with Crippen molar-refractivity contribution in [3.8, 4) is 0 Å². The van der Waals surface area contributed by atoms with Crippen molar-refractivity contribution >= 4 is 67.8 Å². The molecule has 4 nitrogen and oxygen atoms in total. The van der Waals surface area contributed by atoms with E-state index in [0.29, 0.717) is 28.6 Å². The quantitative estimate of drug-likeness (QED) is 0.451. The third kappa shape index (κ3) is 5.53. The second kappa shape index (κ2) is 9.49. The van der Waals surface area contributed by atoms with Crippen LogP contribution in [0.25, 0.3) is 6.08 Å². The first kappa shape index (κ1) is 20.8. The highest BCUT2D eigenvalue weighted by molar-refractivity contribution is 9.10. The van der Waals surface area contributed by atoms with E-state index < -0.39 is 0 Å². The van der Waals surface area contributed by atoms with E-state index in [1.807, 2.05) is 61.5 Å². The Bertz CT molecular complexity index is 959. The molecule has 0 aromatic heterocycles. The van der Waals surface area contributed by atoms with E-state index in [9.17, 15) is 9.59 Å². The molecule has 2 aromatic rings. The predicted molar refractivity (Wildman–Crippen MR) is 123 cm³/mol. The number of benzene rings is 2. The number of nitrogens with zero attached hydrogens (tertiary/aromatic N) is 1. The van der Waals surface area contributed by atoms with Gasteiger partial charge in [-0.3, -0.25) is 14.5 Å². The minimum Gasteiger partial charge on any atom is -0.326 e. The minimum atomic E-state index is -0.103. The van der Waals surface area contributed by atoms with Gasteiger partial charge in [0.1, 0.15) is 4.32 Å². The van der Waals surface area contributed by atoms with Gasteiger partial charge in [-0.15, -0.1) is 0 Å². The fraction of sp³-hybridized carbons (Fsp3) is 0.190. The Balaban J connectivity index is 1.54. The maximum atomic E-state index is 12.6. The van der Waals surface area contributed by atoms with E-state index in [1.54, 1.807) is 4.90 Å². The van der Waals surface area contributed by atoms with Gasteiger partial charge in [0.05, 0.1) is 4.91 Å². The van der Waals surface area contributed by atoms with Crippen LogP contribution in [0.5, 0.6) is 0 Å². The lowest BCUT2D eigenvalue weighted by molar-refractivity contribution is -0.122. The number of halogens is 1. The number of carbonyl (C=O) groups is 2. The summed E-state index contributed by atoms with van der Waals surface area (Å²) in [5, 5.41) is 2.88. The van der Waals surface area contributed by atoms with Crippen LogP contribution < -0.4 is 5.32 Å². The van der Waals surface area contributed by atoms with Crippen molar-refractivity contribution in [2.45, 2.75) is 19.8 Å². The molecular weight excluding hydrogens is 456 g/mol. The zero-order valence-corrected chi connectivity index (χ0v) is 18.5. The van der Waals surface area contributed by atoms with E-state index in [1.165, 1.54) is 11.8 Å². The van der Waals surface area contributed by atoms with E-state index >= 15 is 0 Å². The molecule has 1 aliphatic heterocycles. The number of thiocarbonyl (C=S) groups is 1. The third-order valence-electron chi connectivity index (χ3n) is 4.11. The molecule has 0 spiro atoms. The first-order valence-electron chi connectivity index (χ1n) is 8.80. The molecular formula is C21H19BrN2O2S2. The number of hydrogen-bond donors (Lipinski definition) is 1. The average molecular weight is 475 g/mol. The van der Waals surface area contributed by atoms with Crippen LogP contribution in [0.1, 0.15) is 24.0 Å². The van der Waals surface area contributed by atoms with Crippen LogP contribution in [0.3, 0.4) is 0 Å². The van der Waals surface area contributed by atoms with Crippen molar-refractivity contribution in [1.82, 2.24) is 4.90 Å². The van der Waals surface area contributed by atoms with Gasteiger partial charge in [0.15, 0.2) is 0 Å². The van der Waals surface area contributed by atoms with Crippen LogP contribution in [0.2, 0.25) is 0 Å². The van der Waals surface area contributed by atoms with E-state index in [4.69, 9.17) is 12.2 Å². The second-order valence-corrected chi connectivity index (χ2v) is 9.00. The molecule has 0 bridgehead atoms. The highest BCUT2D eigenvalue weighted by Crippen LogP contribution is 2.33. The number of nitrogens with one attached hydrogen (secondary N) is 1. The Kier molecular flexibility index (Phi) is 7.04. The summed E-state index contributed by atoms with van der Waals surface area (Å²) in [6.45, 7) is 2.41. The SMILES string of the molecule is Cc1cccc(NC(=O)CCCN2C(=O)/C(=C/c3cccc(Br)c3)SC2=S)c1. The number of thioether (sulfide) groups is 1. The van der Waals surface area contributed by atoms with E-state index in [2.05, 4.69) is 21.2 Å². The monoisotopic (exact) mass is 474 g/mol. The molecule has 1 aliphatic rings. The Morgan fingerprint density at radius 3 is 2.79 bits per heavy atom. The summed E-state index contributed by atoms with van der Waals surface area (Å²) in [6.07, 6.45) is 2.72. The summed E-state index contributed by atoms with van der Waals surface area (Å²) in [5.74, 6) is -0.171. The fourth-order valence-electron chi connectivity index (χ4n) is 2.78. The largest absolute Gasteiger partial charge is 0.326 e. The van der Waals surface area contributed by atoms with Crippen molar-refractivity contribution < 1.29 is 9.59 Å². The van der Waals surface area contributed by atoms with Crippen LogP contribution in [0, 0.1) is 6.92 Å². The van der Waals surface area contributed by atoms with Gasteiger partial charge in [0.2, 0.25) is 5.91 Å². The zero-order chi connectivity index (χ0) is 20.1. The van der Waals surface area contributed by atoms with Gasteiger partial charge in [-0.25, -0.2) is 0 Å². The van der Waals surface area contributed by atoms with Gasteiger partial charge in [-0.05, 0) is 54.8 Å². The molecule has 0 saturated carbocycles. The van der Waals surface area contributed by atoms with Crippen LogP contribution in [-0.2, 0) is 9.59 Å². The summed E-state index contributed by atoms with van der Waals surface area (Å²) in [5.41, 5.74) is 2.81. The van der Waals surface area contributed by atoms with Crippen LogP contribution in [-0.4, -0.2) is 27.6 Å². The molecule has 0 aliphatic carbocycles. The smallest absolute Gasteiger partial charge is 0.266 e. The number of amides is 2. The van der Waals surface area contributed by atoms with Crippen molar-refractivity contribution in [2.24, 2.45) is 0 Å². The Hall–Kier alpha value is -1.96. The number of carbonyl (C=O) groups excluding carboxylic acids is 2. The fourth-order valence-corrected chi connectivity index (χ4v) is 4.51. The number of hydrogen-bond acceptors (Lipinski definition) is 4. The molecule has 1 N–H and O–H groups in total. The summed E-state index contributed by atoms with van der Waals surface area (Å²) in [6, 6.07) is 15.4. The minimum absolute atomic E-state index is 0.0688. The van der Waals surface area contributed by atoms with Gasteiger partial charge in [0.25, 0.3) is 5.91 Å². The van der Waals surface area contributed by atoms with Gasteiger partial charge >= 0.3 is 0 Å². The van der Waals surface area contributed by atoms with Gasteiger partial charge in [0, 0.05) is 23.1 Å². The summed E-state index contributed by atoms with van der Waals surface area (Å²) >= 11 is 10.1. The van der Waals surface area contributed by atoms with Gasteiger partial charge in [-0.2, -0.15) is 0 Å². The van der Waals surface area contributed by atoms with E-state index in [0.717, 1.165) is 21.3 Å². The topological polar surface area (TPSA) is 49.4 Å². The average Bonchev–Trinajstić information content (AvgIpc) is 2.89. The number of aryl methyl sites for hydroxylation is 1. The lowest BCUT2D eigenvalue weighted by atomic mass is 10.2. The van der Waals surface area contributed by atoms with Gasteiger partial charge in [-0.1, -0.05) is 64.2 Å². The molecule has 2 amide bonds. The van der Waals surface area contributed by atoms with Crippen molar-refractivity contribution in [3.63, 3.8) is 0 Å². The van der Waals surface area contributed by atoms with Crippen LogP contribution >= 0.6 is 39.9 Å². The normalized spacial score (nSPS) is 15.4. The van der Waals surface area contributed by atoms with Crippen molar-refractivity contribution in [1.29, 1.82) is 0 Å². The Morgan fingerprint density at radius 1 is 1.25 bits per heavy atom. The standard InChI is InChI=1S/C21H19BrN2O2S2/c1-14-5-2-8-17(11-14)23-19(25)9-4-10-24-20(26)18(28-21(24)27)13-15-6-3-7-16(22)12-15/h2-3,5-8,11-13H,4,9-10H2,1H3,(H,23,25)/b18-13-. The molecule has 1 heterocycles. The molecule has 0 unspecified atom stereocenters. The van der Waals surface area contributed by atoms with Gasteiger partial charge < -0.3 is 5.32 Å². The molecule has 1 fully saturated rings. The molecule has 7 heteroatoms. The number of rotatable bonds is 6. The van der Waals surface area contributed by atoms with Crippen LogP contribution in [0.4, 0.5) is 5.69 Å². The molecule has 0 atom stereocenters. The molecule has 2 aromatic carbocycles. The summed E-state index contributed by atoms with van der Waals surface area (Å²) < 4.78 is 1.49. The lowest BCUT2D eigenvalue weighted by Crippen LogP contribution is -2.29. The molecule has 0 radical (unpaired) electrons. The molecule has 28 heavy (non-hydrogen) atoms. The zero-order valence-electron chi connectivity index (χ0n) is 15.3. The van der Waals surface area contributed by atoms with Crippen molar-refractivity contribution in [2.75, 3.05) is 11.9 Å². The van der Waals surface area contributed by atoms with Crippen molar-refractivity contribution in [3.05, 3.63) is 69.0 Å². The second-order valence-electron chi connectivity index (χ2n) is 6.41.